The van der Waals surface area contributed by atoms with Gasteiger partial charge in [0.1, 0.15) is 0 Å². The summed E-state index contributed by atoms with van der Waals surface area (Å²) in [6.45, 7) is 0.287. The Balaban J connectivity index is 1.89. The maximum atomic E-state index is 9.76. The lowest BCUT2D eigenvalue weighted by atomic mass is 9.76. The number of fused-ring (bicyclic) bond motifs is 2. The second-order valence-corrected chi connectivity index (χ2v) is 6.14. The Bertz CT molecular complexity index is 419. The SMILES string of the molecule is CN1C2CCC1C(CO)C(c1ccc(Cl)cc1)C2. The lowest BCUT2D eigenvalue weighted by Crippen LogP contribution is -2.47. The van der Waals surface area contributed by atoms with E-state index in [1.165, 1.54) is 24.8 Å². The van der Waals surface area contributed by atoms with Crippen molar-refractivity contribution in [3.63, 3.8) is 0 Å². The summed E-state index contributed by atoms with van der Waals surface area (Å²) in [4.78, 5) is 2.48. The molecule has 0 amide bonds. The van der Waals surface area contributed by atoms with Gasteiger partial charge in [0.05, 0.1) is 0 Å². The molecule has 98 valence electrons. The first kappa shape index (κ1) is 12.5. The molecule has 3 heteroatoms. The van der Waals surface area contributed by atoms with Crippen LogP contribution in [0.25, 0.3) is 0 Å². The highest BCUT2D eigenvalue weighted by molar-refractivity contribution is 6.30. The molecule has 0 aromatic heterocycles. The number of hydrogen-bond donors (Lipinski definition) is 1. The van der Waals surface area contributed by atoms with Crippen LogP contribution in [0.2, 0.25) is 5.02 Å². The van der Waals surface area contributed by atoms with Crippen LogP contribution < -0.4 is 0 Å². The fourth-order valence-corrected chi connectivity index (χ4v) is 4.05. The van der Waals surface area contributed by atoms with Crippen molar-refractivity contribution >= 4 is 11.6 Å². The van der Waals surface area contributed by atoms with Gasteiger partial charge in [-0.15, -0.1) is 0 Å². The van der Waals surface area contributed by atoms with Crippen LogP contribution in [0.5, 0.6) is 0 Å². The van der Waals surface area contributed by atoms with Gasteiger partial charge in [-0.2, -0.15) is 0 Å². The molecule has 2 saturated heterocycles. The third-order valence-electron chi connectivity index (χ3n) is 4.94. The Morgan fingerprint density at radius 1 is 1.28 bits per heavy atom. The van der Waals surface area contributed by atoms with Gasteiger partial charge in [0, 0.05) is 29.6 Å². The Labute approximate surface area is 114 Å². The Morgan fingerprint density at radius 3 is 2.67 bits per heavy atom. The Morgan fingerprint density at radius 2 is 2.00 bits per heavy atom. The van der Waals surface area contributed by atoms with Gasteiger partial charge in [0.25, 0.3) is 0 Å². The van der Waals surface area contributed by atoms with Crippen molar-refractivity contribution in [2.24, 2.45) is 5.92 Å². The van der Waals surface area contributed by atoms with Gasteiger partial charge in [-0.1, -0.05) is 23.7 Å². The normalized spacial score (nSPS) is 35.9. The molecule has 2 heterocycles. The summed E-state index contributed by atoms with van der Waals surface area (Å²) < 4.78 is 0. The minimum absolute atomic E-state index is 0.287. The molecule has 0 aliphatic carbocycles. The van der Waals surface area contributed by atoms with E-state index in [1.54, 1.807) is 0 Å². The molecular weight excluding hydrogens is 246 g/mol. The molecular formula is C15H20ClNO. The van der Waals surface area contributed by atoms with Crippen molar-refractivity contribution in [3.05, 3.63) is 34.9 Å². The Hall–Kier alpha value is -0.570. The number of nitrogens with zero attached hydrogens (tertiary/aromatic N) is 1. The number of hydrogen-bond acceptors (Lipinski definition) is 2. The highest BCUT2D eigenvalue weighted by Gasteiger charge is 2.45. The van der Waals surface area contributed by atoms with Gasteiger partial charge in [-0.05, 0) is 49.9 Å². The molecule has 1 N–H and O–H groups in total. The summed E-state index contributed by atoms with van der Waals surface area (Å²) in [5, 5.41) is 10.5. The van der Waals surface area contributed by atoms with Crippen LogP contribution in [0.1, 0.15) is 30.7 Å². The maximum Gasteiger partial charge on any atom is 0.0480 e. The topological polar surface area (TPSA) is 23.5 Å². The van der Waals surface area contributed by atoms with Gasteiger partial charge in [-0.25, -0.2) is 0 Å². The van der Waals surface area contributed by atoms with Gasteiger partial charge in [-0.3, -0.25) is 0 Å². The lowest BCUT2D eigenvalue weighted by molar-refractivity contribution is 0.0592. The summed E-state index contributed by atoms with van der Waals surface area (Å²) in [6, 6.07) is 9.42. The van der Waals surface area contributed by atoms with Gasteiger partial charge < -0.3 is 10.0 Å². The molecule has 2 aliphatic rings. The van der Waals surface area contributed by atoms with Crippen molar-refractivity contribution in [2.45, 2.75) is 37.3 Å². The van der Waals surface area contributed by atoms with Crippen LogP contribution in [-0.2, 0) is 0 Å². The van der Waals surface area contributed by atoms with Crippen LogP contribution in [-0.4, -0.2) is 35.7 Å². The average Bonchev–Trinajstić information content (AvgIpc) is 2.63. The predicted molar refractivity (Wildman–Crippen MR) is 74.0 cm³/mol. The number of aliphatic hydroxyl groups excluding tert-OH is 1. The molecule has 3 rings (SSSR count). The minimum atomic E-state index is 0.287. The van der Waals surface area contributed by atoms with Gasteiger partial charge >= 0.3 is 0 Å². The van der Waals surface area contributed by atoms with Gasteiger partial charge in [0.2, 0.25) is 0 Å². The standard InChI is InChI=1S/C15H20ClNO/c1-17-12-6-7-15(17)14(9-18)13(8-12)10-2-4-11(16)5-3-10/h2-5,12-15,18H,6-9H2,1H3. The fraction of sp³-hybridized carbons (Fsp3) is 0.600. The number of piperidine rings is 1. The van der Waals surface area contributed by atoms with E-state index in [2.05, 4.69) is 24.1 Å². The monoisotopic (exact) mass is 265 g/mol. The zero-order valence-corrected chi connectivity index (χ0v) is 11.5. The minimum Gasteiger partial charge on any atom is -0.396 e. The van der Waals surface area contributed by atoms with Crippen molar-refractivity contribution < 1.29 is 5.11 Å². The summed E-state index contributed by atoms with van der Waals surface area (Å²) >= 11 is 5.96. The lowest BCUT2D eigenvalue weighted by Gasteiger charge is -2.42. The van der Waals surface area contributed by atoms with E-state index in [1.807, 2.05) is 12.1 Å². The molecule has 2 bridgehead atoms. The first-order valence-corrected chi connectivity index (χ1v) is 7.16. The summed E-state index contributed by atoms with van der Waals surface area (Å²) in [5.41, 5.74) is 1.34. The molecule has 0 radical (unpaired) electrons. The van der Waals surface area contributed by atoms with Gasteiger partial charge in [0.15, 0.2) is 0 Å². The molecule has 1 aromatic rings. The second-order valence-electron chi connectivity index (χ2n) is 5.70. The van der Waals surface area contributed by atoms with Crippen LogP contribution in [0, 0.1) is 5.92 Å². The first-order valence-electron chi connectivity index (χ1n) is 6.79. The van der Waals surface area contributed by atoms with E-state index in [4.69, 9.17) is 11.6 Å². The molecule has 18 heavy (non-hydrogen) atoms. The number of rotatable bonds is 2. The number of aliphatic hydroxyl groups is 1. The van der Waals surface area contributed by atoms with E-state index in [0.717, 1.165) is 5.02 Å². The number of halogens is 1. The maximum absolute atomic E-state index is 9.76. The van der Waals surface area contributed by atoms with Crippen LogP contribution in [0.4, 0.5) is 0 Å². The van der Waals surface area contributed by atoms with Crippen LogP contribution >= 0.6 is 11.6 Å². The summed E-state index contributed by atoms with van der Waals surface area (Å²) in [7, 11) is 2.21. The largest absolute Gasteiger partial charge is 0.396 e. The zero-order valence-electron chi connectivity index (χ0n) is 10.7. The van der Waals surface area contributed by atoms with Crippen LogP contribution in [0.3, 0.4) is 0 Å². The van der Waals surface area contributed by atoms with E-state index in [9.17, 15) is 5.11 Å². The number of benzene rings is 1. The molecule has 1 aromatic carbocycles. The second kappa shape index (κ2) is 4.84. The summed E-state index contributed by atoms with van der Waals surface area (Å²) in [6.07, 6.45) is 3.68. The van der Waals surface area contributed by atoms with Crippen molar-refractivity contribution in [1.29, 1.82) is 0 Å². The molecule has 2 fully saturated rings. The van der Waals surface area contributed by atoms with Crippen molar-refractivity contribution in [3.8, 4) is 0 Å². The quantitative estimate of drug-likeness (QED) is 0.889. The molecule has 4 unspecified atom stereocenters. The molecule has 2 nitrogen and oxygen atoms in total. The molecule has 0 spiro atoms. The van der Waals surface area contributed by atoms with Crippen molar-refractivity contribution in [2.75, 3.05) is 13.7 Å². The smallest absolute Gasteiger partial charge is 0.0480 e. The predicted octanol–water partition coefficient (Wildman–Crippen LogP) is 2.90. The van der Waals surface area contributed by atoms with E-state index < -0.39 is 0 Å². The fourth-order valence-electron chi connectivity index (χ4n) is 3.92. The molecule has 0 saturated carbocycles. The van der Waals surface area contributed by atoms with Crippen LogP contribution in [0.15, 0.2) is 24.3 Å². The third kappa shape index (κ3) is 1.97. The molecule has 4 atom stereocenters. The third-order valence-corrected chi connectivity index (χ3v) is 5.19. The molecule has 2 aliphatic heterocycles. The first-order chi connectivity index (χ1) is 8.70. The zero-order chi connectivity index (χ0) is 12.7. The highest BCUT2D eigenvalue weighted by atomic mass is 35.5. The average molecular weight is 266 g/mol. The van der Waals surface area contributed by atoms with Crippen molar-refractivity contribution in [1.82, 2.24) is 4.90 Å². The van der Waals surface area contributed by atoms with E-state index >= 15 is 0 Å². The summed E-state index contributed by atoms with van der Waals surface area (Å²) in [5.74, 6) is 0.857. The Kier molecular flexibility index (Phi) is 3.35. The highest BCUT2D eigenvalue weighted by Crippen LogP contribution is 2.45. The van der Waals surface area contributed by atoms with E-state index in [0.29, 0.717) is 23.9 Å². The van der Waals surface area contributed by atoms with E-state index in [-0.39, 0.29) is 6.61 Å².